The van der Waals surface area contributed by atoms with Crippen LogP contribution in [-0.4, -0.2) is 28.0 Å². The summed E-state index contributed by atoms with van der Waals surface area (Å²) in [5.74, 6) is 0.264. The van der Waals surface area contributed by atoms with Gasteiger partial charge < -0.3 is 10.4 Å². The van der Waals surface area contributed by atoms with Gasteiger partial charge in [-0.15, -0.1) is 0 Å². The molecular formula is C13H25N3O. The molecule has 1 aromatic rings. The molecule has 0 fully saturated rings. The minimum atomic E-state index is 0.0827. The van der Waals surface area contributed by atoms with Gasteiger partial charge in [0.05, 0.1) is 6.20 Å². The normalized spacial score (nSPS) is 15.9. The van der Waals surface area contributed by atoms with Crippen LogP contribution in [0.25, 0.3) is 0 Å². The van der Waals surface area contributed by atoms with Gasteiger partial charge in [-0.3, -0.25) is 5.10 Å². The fourth-order valence-electron chi connectivity index (χ4n) is 1.72. The Morgan fingerprint density at radius 2 is 2.06 bits per heavy atom. The molecule has 2 unspecified atom stereocenters. The Labute approximate surface area is 104 Å². The van der Waals surface area contributed by atoms with E-state index in [-0.39, 0.29) is 17.9 Å². The van der Waals surface area contributed by atoms with E-state index in [1.165, 1.54) is 11.3 Å². The van der Waals surface area contributed by atoms with Gasteiger partial charge in [-0.25, -0.2) is 0 Å². The van der Waals surface area contributed by atoms with Crippen molar-refractivity contribution in [1.29, 1.82) is 0 Å². The lowest BCUT2D eigenvalue weighted by atomic mass is 9.89. The molecule has 4 nitrogen and oxygen atoms in total. The molecular weight excluding hydrogens is 214 g/mol. The summed E-state index contributed by atoms with van der Waals surface area (Å²) in [6.07, 6.45) is 1.88. The highest BCUT2D eigenvalue weighted by molar-refractivity contribution is 5.23. The van der Waals surface area contributed by atoms with Gasteiger partial charge in [-0.05, 0) is 12.8 Å². The molecule has 0 spiro atoms. The molecule has 4 heteroatoms. The number of aliphatic hydroxyl groups excluding tert-OH is 1. The van der Waals surface area contributed by atoms with Crippen LogP contribution in [0.1, 0.15) is 45.9 Å². The first-order chi connectivity index (χ1) is 7.86. The van der Waals surface area contributed by atoms with Crippen molar-refractivity contribution in [2.24, 2.45) is 5.92 Å². The summed E-state index contributed by atoms with van der Waals surface area (Å²) in [5.41, 5.74) is 2.46. The molecule has 3 N–H and O–H groups in total. The zero-order valence-electron chi connectivity index (χ0n) is 11.5. The van der Waals surface area contributed by atoms with Crippen molar-refractivity contribution in [2.45, 2.75) is 52.6 Å². The molecule has 0 bridgehead atoms. The predicted octanol–water partition coefficient (Wildman–Crippen LogP) is 1.81. The summed E-state index contributed by atoms with van der Waals surface area (Å²) >= 11 is 0. The van der Waals surface area contributed by atoms with Crippen molar-refractivity contribution in [3.05, 3.63) is 17.5 Å². The number of nitrogens with one attached hydrogen (secondary N) is 2. The van der Waals surface area contributed by atoms with Gasteiger partial charge in [-0.2, -0.15) is 5.10 Å². The quantitative estimate of drug-likeness (QED) is 0.734. The van der Waals surface area contributed by atoms with E-state index in [2.05, 4.69) is 43.2 Å². The summed E-state index contributed by atoms with van der Waals surface area (Å²) in [4.78, 5) is 0. The Balaban J connectivity index is 2.61. The summed E-state index contributed by atoms with van der Waals surface area (Å²) < 4.78 is 0. The first-order valence-electron chi connectivity index (χ1n) is 6.23. The van der Waals surface area contributed by atoms with Crippen LogP contribution in [-0.2, 0) is 12.0 Å². The van der Waals surface area contributed by atoms with E-state index in [0.29, 0.717) is 6.04 Å². The van der Waals surface area contributed by atoms with Crippen LogP contribution in [0.5, 0.6) is 0 Å². The summed E-state index contributed by atoms with van der Waals surface area (Å²) in [5, 5.41) is 19.7. The molecule has 98 valence electrons. The maximum Gasteiger partial charge on any atom is 0.0535 e. The van der Waals surface area contributed by atoms with Gasteiger partial charge in [0.1, 0.15) is 0 Å². The molecule has 1 heterocycles. The van der Waals surface area contributed by atoms with E-state index in [4.69, 9.17) is 5.11 Å². The SMILES string of the molecule is CC(CO)C(C)NCc1cn[nH]c1C(C)(C)C. The molecule has 17 heavy (non-hydrogen) atoms. The smallest absolute Gasteiger partial charge is 0.0535 e. The van der Waals surface area contributed by atoms with Crippen LogP contribution >= 0.6 is 0 Å². The average Bonchev–Trinajstić information content (AvgIpc) is 2.72. The molecule has 0 saturated heterocycles. The lowest BCUT2D eigenvalue weighted by Gasteiger charge is -2.22. The van der Waals surface area contributed by atoms with Gasteiger partial charge >= 0.3 is 0 Å². The molecule has 0 amide bonds. The number of H-pyrrole nitrogens is 1. The van der Waals surface area contributed by atoms with E-state index < -0.39 is 0 Å². The number of aliphatic hydroxyl groups is 1. The van der Waals surface area contributed by atoms with E-state index in [1.54, 1.807) is 0 Å². The zero-order chi connectivity index (χ0) is 13.1. The van der Waals surface area contributed by atoms with E-state index in [0.717, 1.165) is 6.54 Å². The standard InChI is InChI=1S/C13H25N3O/c1-9(8-17)10(2)14-6-11-7-15-16-12(11)13(3,4)5/h7,9-10,14,17H,6,8H2,1-5H3,(H,15,16). The van der Waals surface area contributed by atoms with Crippen molar-refractivity contribution >= 4 is 0 Å². The van der Waals surface area contributed by atoms with E-state index >= 15 is 0 Å². The molecule has 1 aromatic heterocycles. The number of aromatic nitrogens is 2. The lowest BCUT2D eigenvalue weighted by molar-refractivity contribution is 0.207. The van der Waals surface area contributed by atoms with E-state index in [1.807, 2.05) is 13.1 Å². The third-order valence-electron chi connectivity index (χ3n) is 3.22. The fraction of sp³-hybridized carbons (Fsp3) is 0.769. The number of hydrogen-bond acceptors (Lipinski definition) is 3. The second-order valence-electron chi connectivity index (χ2n) is 5.85. The van der Waals surface area contributed by atoms with Crippen LogP contribution in [0, 0.1) is 5.92 Å². The molecule has 0 aliphatic carbocycles. The van der Waals surface area contributed by atoms with Crippen molar-refractivity contribution in [1.82, 2.24) is 15.5 Å². The van der Waals surface area contributed by atoms with Crippen LogP contribution in [0.3, 0.4) is 0 Å². The van der Waals surface area contributed by atoms with Gasteiger partial charge in [0.15, 0.2) is 0 Å². The predicted molar refractivity (Wildman–Crippen MR) is 69.8 cm³/mol. The minimum Gasteiger partial charge on any atom is -0.396 e. The van der Waals surface area contributed by atoms with Crippen molar-refractivity contribution in [3.63, 3.8) is 0 Å². The Morgan fingerprint density at radius 3 is 2.59 bits per heavy atom. The molecule has 0 saturated carbocycles. The number of rotatable bonds is 5. The Morgan fingerprint density at radius 1 is 1.41 bits per heavy atom. The highest BCUT2D eigenvalue weighted by Crippen LogP contribution is 2.23. The molecule has 0 aliphatic heterocycles. The highest BCUT2D eigenvalue weighted by Gasteiger charge is 2.20. The Kier molecular flexibility index (Phi) is 4.71. The third kappa shape index (κ3) is 3.82. The fourth-order valence-corrected chi connectivity index (χ4v) is 1.72. The van der Waals surface area contributed by atoms with Gasteiger partial charge in [-0.1, -0.05) is 27.7 Å². The number of nitrogens with zero attached hydrogens (tertiary/aromatic N) is 1. The maximum atomic E-state index is 9.09. The van der Waals surface area contributed by atoms with Crippen molar-refractivity contribution in [2.75, 3.05) is 6.61 Å². The molecule has 0 radical (unpaired) electrons. The third-order valence-corrected chi connectivity index (χ3v) is 3.22. The molecule has 0 aromatic carbocycles. The van der Waals surface area contributed by atoms with Crippen LogP contribution in [0.2, 0.25) is 0 Å². The monoisotopic (exact) mass is 239 g/mol. The van der Waals surface area contributed by atoms with E-state index in [9.17, 15) is 0 Å². The Hall–Kier alpha value is -0.870. The molecule has 0 aliphatic rings. The lowest BCUT2D eigenvalue weighted by Crippen LogP contribution is -2.33. The van der Waals surface area contributed by atoms with Crippen LogP contribution < -0.4 is 5.32 Å². The molecule has 1 rings (SSSR count). The summed E-state index contributed by atoms with van der Waals surface area (Å²) in [6, 6.07) is 0.294. The molecule has 2 atom stereocenters. The zero-order valence-corrected chi connectivity index (χ0v) is 11.5. The highest BCUT2D eigenvalue weighted by atomic mass is 16.3. The van der Waals surface area contributed by atoms with Crippen molar-refractivity contribution in [3.8, 4) is 0 Å². The summed E-state index contributed by atoms with van der Waals surface area (Å²) in [6.45, 7) is 11.6. The first kappa shape index (κ1) is 14.2. The summed E-state index contributed by atoms with van der Waals surface area (Å²) in [7, 11) is 0. The van der Waals surface area contributed by atoms with Crippen LogP contribution in [0.15, 0.2) is 6.20 Å². The second-order valence-corrected chi connectivity index (χ2v) is 5.85. The maximum absolute atomic E-state index is 9.09. The second kappa shape index (κ2) is 5.65. The first-order valence-corrected chi connectivity index (χ1v) is 6.23. The largest absolute Gasteiger partial charge is 0.396 e. The minimum absolute atomic E-state index is 0.0827. The van der Waals surface area contributed by atoms with Gasteiger partial charge in [0, 0.05) is 35.9 Å². The Bertz CT molecular complexity index is 341. The van der Waals surface area contributed by atoms with Crippen LogP contribution in [0.4, 0.5) is 0 Å². The van der Waals surface area contributed by atoms with Crippen molar-refractivity contribution < 1.29 is 5.11 Å². The average molecular weight is 239 g/mol. The van der Waals surface area contributed by atoms with Gasteiger partial charge in [0.25, 0.3) is 0 Å². The van der Waals surface area contributed by atoms with Gasteiger partial charge in [0.2, 0.25) is 0 Å². The topological polar surface area (TPSA) is 60.9 Å². The number of hydrogen-bond donors (Lipinski definition) is 3. The number of aromatic amines is 1.